The second-order valence-electron chi connectivity index (χ2n) is 5.17. The van der Waals surface area contributed by atoms with Gasteiger partial charge in [-0.15, -0.1) is 0 Å². The van der Waals surface area contributed by atoms with E-state index in [0.717, 1.165) is 21.4 Å². The molecule has 3 N–H and O–H groups in total. The van der Waals surface area contributed by atoms with Gasteiger partial charge in [0, 0.05) is 35.0 Å². The molecule has 0 fully saturated rings. The number of rotatable bonds is 4. The van der Waals surface area contributed by atoms with Crippen LogP contribution in [0.3, 0.4) is 0 Å². The number of hydrogen-bond acceptors (Lipinski definition) is 3. The Bertz CT molecular complexity index is 595. The first-order valence-electron chi connectivity index (χ1n) is 6.66. The highest BCUT2D eigenvalue weighted by Gasteiger charge is 2.15. The molecule has 4 nitrogen and oxygen atoms in total. The van der Waals surface area contributed by atoms with Crippen molar-refractivity contribution in [3.8, 4) is 0 Å². The van der Waals surface area contributed by atoms with E-state index in [1.165, 1.54) is 11.1 Å². The molecule has 1 aromatic heterocycles. The molecule has 108 valence electrons. The Morgan fingerprint density at radius 2 is 1.90 bits per heavy atom. The first-order valence-corrected chi connectivity index (χ1v) is 7.45. The van der Waals surface area contributed by atoms with Crippen molar-refractivity contribution in [2.45, 2.75) is 26.8 Å². The van der Waals surface area contributed by atoms with Gasteiger partial charge in [-0.3, -0.25) is 4.68 Å². The Balaban J connectivity index is 2.29. The normalized spacial score (nSPS) is 12.5. The summed E-state index contributed by atoms with van der Waals surface area (Å²) >= 11 is 3.59. The summed E-state index contributed by atoms with van der Waals surface area (Å²) in [5.41, 5.74) is 11.7. The van der Waals surface area contributed by atoms with E-state index in [2.05, 4.69) is 59.2 Å². The van der Waals surface area contributed by atoms with Gasteiger partial charge in [0.25, 0.3) is 0 Å². The summed E-state index contributed by atoms with van der Waals surface area (Å²) in [7, 11) is 1.94. The Hall–Kier alpha value is -1.33. The van der Waals surface area contributed by atoms with E-state index < -0.39 is 0 Å². The van der Waals surface area contributed by atoms with Crippen LogP contribution in [0.1, 0.15) is 28.4 Å². The lowest BCUT2D eigenvalue weighted by atomic mass is 10.1. The average molecular weight is 337 g/mol. The highest BCUT2D eigenvalue weighted by molar-refractivity contribution is 9.10. The van der Waals surface area contributed by atoms with Crippen LogP contribution in [0.4, 0.5) is 5.69 Å². The number of aromatic nitrogens is 2. The molecule has 0 radical (unpaired) electrons. The van der Waals surface area contributed by atoms with Crippen molar-refractivity contribution in [1.29, 1.82) is 0 Å². The topological polar surface area (TPSA) is 55.9 Å². The van der Waals surface area contributed by atoms with Crippen molar-refractivity contribution >= 4 is 21.6 Å². The van der Waals surface area contributed by atoms with Crippen molar-refractivity contribution in [2.75, 3.05) is 11.9 Å². The summed E-state index contributed by atoms with van der Waals surface area (Å²) in [4.78, 5) is 0. The number of benzene rings is 1. The van der Waals surface area contributed by atoms with Crippen molar-refractivity contribution in [1.82, 2.24) is 9.78 Å². The Kier molecular flexibility index (Phi) is 4.50. The van der Waals surface area contributed by atoms with Crippen molar-refractivity contribution in [2.24, 2.45) is 12.8 Å². The van der Waals surface area contributed by atoms with Gasteiger partial charge in [-0.1, -0.05) is 15.9 Å². The molecule has 1 heterocycles. The van der Waals surface area contributed by atoms with Crippen molar-refractivity contribution < 1.29 is 0 Å². The molecule has 20 heavy (non-hydrogen) atoms. The van der Waals surface area contributed by atoms with Gasteiger partial charge in [0.1, 0.15) is 0 Å². The predicted molar refractivity (Wildman–Crippen MR) is 87.0 cm³/mol. The van der Waals surface area contributed by atoms with Gasteiger partial charge in [0.2, 0.25) is 0 Å². The maximum atomic E-state index is 5.93. The molecule has 5 heteroatoms. The Labute approximate surface area is 128 Å². The fourth-order valence-electron chi connectivity index (χ4n) is 2.35. The summed E-state index contributed by atoms with van der Waals surface area (Å²) in [5, 5.41) is 7.80. The average Bonchev–Trinajstić information content (AvgIpc) is 2.74. The lowest BCUT2D eigenvalue weighted by Gasteiger charge is -2.19. The highest BCUT2D eigenvalue weighted by atomic mass is 79.9. The molecule has 0 spiro atoms. The van der Waals surface area contributed by atoms with Gasteiger partial charge in [0.05, 0.1) is 12.2 Å². The third-order valence-electron chi connectivity index (χ3n) is 3.66. The fourth-order valence-corrected chi connectivity index (χ4v) is 2.58. The minimum absolute atomic E-state index is 0.0728. The zero-order valence-electron chi connectivity index (χ0n) is 12.4. The van der Waals surface area contributed by atoms with Crippen molar-refractivity contribution in [3.05, 3.63) is 45.2 Å². The molecular weight excluding hydrogens is 316 g/mol. The van der Waals surface area contributed by atoms with E-state index in [1.54, 1.807) is 0 Å². The van der Waals surface area contributed by atoms with Crippen LogP contribution >= 0.6 is 15.9 Å². The predicted octanol–water partition coefficient (Wildman–Crippen LogP) is 3.22. The van der Waals surface area contributed by atoms with Crippen molar-refractivity contribution in [3.63, 3.8) is 0 Å². The molecule has 0 saturated carbocycles. The quantitative estimate of drug-likeness (QED) is 0.901. The minimum atomic E-state index is 0.0728. The molecule has 0 aliphatic heterocycles. The van der Waals surface area contributed by atoms with Crippen LogP contribution in [0.2, 0.25) is 0 Å². The number of halogens is 1. The van der Waals surface area contributed by atoms with E-state index in [-0.39, 0.29) is 6.04 Å². The molecule has 2 rings (SSSR count). The molecule has 0 saturated heterocycles. The lowest BCUT2D eigenvalue weighted by Crippen LogP contribution is -2.21. The van der Waals surface area contributed by atoms with Crippen LogP contribution in [-0.2, 0) is 7.05 Å². The zero-order chi connectivity index (χ0) is 14.9. The first kappa shape index (κ1) is 15.1. The van der Waals surface area contributed by atoms with Crippen LogP contribution in [0.15, 0.2) is 22.8 Å². The molecule has 1 unspecified atom stereocenters. The van der Waals surface area contributed by atoms with Crippen LogP contribution in [0.5, 0.6) is 0 Å². The Morgan fingerprint density at radius 1 is 1.30 bits per heavy atom. The third kappa shape index (κ3) is 2.88. The molecule has 1 atom stereocenters. The molecular formula is C15H21BrN4. The summed E-state index contributed by atoms with van der Waals surface area (Å²) in [6.07, 6.45) is 1.89. The summed E-state index contributed by atoms with van der Waals surface area (Å²) in [6, 6.07) is 4.33. The smallest absolute Gasteiger partial charge is 0.0669 e. The van der Waals surface area contributed by atoms with Gasteiger partial charge in [-0.05, 0) is 44.0 Å². The summed E-state index contributed by atoms with van der Waals surface area (Å²) in [6.45, 7) is 6.77. The van der Waals surface area contributed by atoms with Gasteiger partial charge in [-0.2, -0.15) is 5.10 Å². The maximum absolute atomic E-state index is 5.93. The first-order chi connectivity index (χ1) is 9.43. The summed E-state index contributed by atoms with van der Waals surface area (Å²) < 4.78 is 3.03. The molecule has 0 aliphatic rings. The molecule has 1 aromatic carbocycles. The summed E-state index contributed by atoms with van der Waals surface area (Å²) in [5.74, 6) is 0. The fraction of sp³-hybridized carbons (Fsp3) is 0.400. The maximum Gasteiger partial charge on any atom is 0.0669 e. The largest absolute Gasteiger partial charge is 0.377 e. The van der Waals surface area contributed by atoms with E-state index >= 15 is 0 Å². The van der Waals surface area contributed by atoms with Crippen LogP contribution < -0.4 is 11.1 Å². The van der Waals surface area contributed by atoms with E-state index in [4.69, 9.17) is 5.73 Å². The van der Waals surface area contributed by atoms with Gasteiger partial charge in [-0.25, -0.2) is 0 Å². The van der Waals surface area contributed by atoms with Crippen LogP contribution in [0, 0.1) is 20.8 Å². The van der Waals surface area contributed by atoms with E-state index in [0.29, 0.717) is 6.54 Å². The van der Waals surface area contributed by atoms with Gasteiger partial charge in [0.15, 0.2) is 0 Å². The van der Waals surface area contributed by atoms with E-state index in [9.17, 15) is 0 Å². The number of hydrogen-bond donors (Lipinski definition) is 2. The van der Waals surface area contributed by atoms with Crippen LogP contribution in [-0.4, -0.2) is 16.3 Å². The zero-order valence-corrected chi connectivity index (χ0v) is 14.0. The molecule has 2 aromatic rings. The number of aryl methyl sites for hydroxylation is 3. The SMILES string of the molecule is Cc1cc(NC(CN)c2cnn(C)c2C)cc(C)c1Br. The van der Waals surface area contributed by atoms with Gasteiger partial charge < -0.3 is 11.1 Å². The monoisotopic (exact) mass is 336 g/mol. The number of nitrogens with two attached hydrogens (primary N) is 1. The second kappa shape index (κ2) is 5.97. The minimum Gasteiger partial charge on any atom is -0.377 e. The third-order valence-corrected chi connectivity index (χ3v) is 4.91. The lowest BCUT2D eigenvalue weighted by molar-refractivity contribution is 0.728. The Morgan fingerprint density at radius 3 is 2.35 bits per heavy atom. The number of nitrogens with one attached hydrogen (secondary N) is 1. The number of anilines is 1. The van der Waals surface area contributed by atoms with E-state index in [1.807, 2.05) is 17.9 Å². The second-order valence-corrected chi connectivity index (χ2v) is 5.96. The van der Waals surface area contributed by atoms with Gasteiger partial charge >= 0.3 is 0 Å². The van der Waals surface area contributed by atoms with Crippen LogP contribution in [0.25, 0.3) is 0 Å². The molecule has 0 bridgehead atoms. The molecule has 0 amide bonds. The highest BCUT2D eigenvalue weighted by Crippen LogP contribution is 2.28. The molecule has 0 aliphatic carbocycles. The number of nitrogens with zero attached hydrogens (tertiary/aromatic N) is 2. The standard InChI is InChI=1S/C15H21BrN4/c1-9-5-12(6-10(2)15(9)16)19-14(7-17)13-8-18-20(4)11(13)3/h5-6,8,14,19H,7,17H2,1-4H3.